The van der Waals surface area contributed by atoms with Gasteiger partial charge in [-0.05, 0) is 29.8 Å². The van der Waals surface area contributed by atoms with E-state index in [0.29, 0.717) is 13.0 Å². The summed E-state index contributed by atoms with van der Waals surface area (Å²) in [5.74, 6) is 0.729. The number of halogens is 2. The van der Waals surface area contributed by atoms with E-state index in [1.54, 1.807) is 7.11 Å². The molecule has 146 valence electrons. The van der Waals surface area contributed by atoms with E-state index >= 15 is 0 Å². The Labute approximate surface area is 171 Å². The first-order valence-corrected chi connectivity index (χ1v) is 9.17. The van der Waals surface area contributed by atoms with Crippen LogP contribution in [0.15, 0.2) is 48.5 Å². The zero-order chi connectivity index (χ0) is 18.4. The number of hydrogen-bond acceptors (Lipinski definition) is 4. The Balaban J connectivity index is 0.00000261. The van der Waals surface area contributed by atoms with E-state index in [4.69, 9.17) is 16.3 Å². The number of carbonyl (C=O) groups is 1. The second kappa shape index (κ2) is 10.5. The van der Waals surface area contributed by atoms with Gasteiger partial charge in [-0.2, -0.15) is 0 Å². The maximum Gasteiger partial charge on any atom is 0.225 e. The maximum absolute atomic E-state index is 12.3. The number of ether oxygens (including phenoxy) is 1. The third-order valence-electron chi connectivity index (χ3n) is 4.57. The van der Waals surface area contributed by atoms with Gasteiger partial charge in [-0.15, -0.1) is 12.4 Å². The molecule has 27 heavy (non-hydrogen) atoms. The molecule has 1 unspecified atom stereocenters. The Morgan fingerprint density at radius 3 is 2.89 bits per heavy atom. The summed E-state index contributed by atoms with van der Waals surface area (Å²) in [4.78, 5) is 14.7. The van der Waals surface area contributed by atoms with Crippen LogP contribution in [0.25, 0.3) is 0 Å². The van der Waals surface area contributed by atoms with Crippen molar-refractivity contribution in [3.8, 4) is 5.75 Å². The standard InChI is InChI=1S/C20H24ClN3O2.ClH/c1-26-18-7-3-6-17(13-18)23-20(25)8-10-24-11-9-22-14-19(24)15-4-2-5-16(21)12-15;/h2-7,12-13,19,22H,8-11,14H2,1H3,(H,23,25);1H. The number of anilines is 1. The highest BCUT2D eigenvalue weighted by Crippen LogP contribution is 2.25. The minimum atomic E-state index is 0. The average Bonchev–Trinajstić information content (AvgIpc) is 2.67. The predicted molar refractivity (Wildman–Crippen MR) is 112 cm³/mol. The molecular weight excluding hydrogens is 385 g/mol. The van der Waals surface area contributed by atoms with E-state index in [1.807, 2.05) is 42.5 Å². The number of carbonyl (C=O) groups excluding carboxylic acids is 1. The third kappa shape index (κ3) is 6.11. The first-order valence-electron chi connectivity index (χ1n) is 8.80. The highest BCUT2D eigenvalue weighted by Gasteiger charge is 2.24. The van der Waals surface area contributed by atoms with Gasteiger partial charge in [0.15, 0.2) is 0 Å². The number of amides is 1. The normalized spacial score (nSPS) is 17.0. The van der Waals surface area contributed by atoms with Crippen LogP contribution in [0.1, 0.15) is 18.0 Å². The molecule has 1 fully saturated rings. The maximum atomic E-state index is 12.3. The van der Waals surface area contributed by atoms with Gasteiger partial charge in [0.05, 0.1) is 7.11 Å². The van der Waals surface area contributed by atoms with Crippen LogP contribution in [0.3, 0.4) is 0 Å². The molecule has 5 nitrogen and oxygen atoms in total. The molecule has 2 aromatic carbocycles. The zero-order valence-corrected chi connectivity index (χ0v) is 16.9. The van der Waals surface area contributed by atoms with Crippen molar-refractivity contribution in [2.75, 3.05) is 38.6 Å². The average molecular weight is 410 g/mol. The summed E-state index contributed by atoms with van der Waals surface area (Å²) in [6.07, 6.45) is 0.439. The molecule has 0 spiro atoms. The van der Waals surface area contributed by atoms with Crippen molar-refractivity contribution < 1.29 is 9.53 Å². The van der Waals surface area contributed by atoms with Crippen molar-refractivity contribution in [2.24, 2.45) is 0 Å². The fraction of sp³-hybridized carbons (Fsp3) is 0.350. The lowest BCUT2D eigenvalue weighted by Gasteiger charge is -2.36. The summed E-state index contributed by atoms with van der Waals surface area (Å²) in [6, 6.07) is 15.6. The Hall–Kier alpha value is -1.79. The molecule has 2 aromatic rings. The molecule has 0 aliphatic carbocycles. The summed E-state index contributed by atoms with van der Waals surface area (Å²) >= 11 is 6.14. The van der Waals surface area contributed by atoms with Crippen molar-refractivity contribution in [2.45, 2.75) is 12.5 Å². The first kappa shape index (κ1) is 21.5. The minimum Gasteiger partial charge on any atom is -0.497 e. The van der Waals surface area contributed by atoms with Gasteiger partial charge in [0, 0.05) is 55.4 Å². The van der Waals surface area contributed by atoms with Gasteiger partial charge in [-0.1, -0.05) is 29.8 Å². The van der Waals surface area contributed by atoms with Crippen molar-refractivity contribution in [1.29, 1.82) is 0 Å². The first-order chi connectivity index (χ1) is 12.7. The van der Waals surface area contributed by atoms with Crippen LogP contribution >= 0.6 is 24.0 Å². The summed E-state index contributed by atoms with van der Waals surface area (Å²) < 4.78 is 5.19. The van der Waals surface area contributed by atoms with Crippen LogP contribution in [-0.4, -0.2) is 44.1 Å². The van der Waals surface area contributed by atoms with Crippen molar-refractivity contribution in [3.05, 3.63) is 59.1 Å². The van der Waals surface area contributed by atoms with Gasteiger partial charge in [0.25, 0.3) is 0 Å². The largest absolute Gasteiger partial charge is 0.497 e. The Kier molecular flexibility index (Phi) is 8.38. The van der Waals surface area contributed by atoms with Crippen LogP contribution in [0.2, 0.25) is 5.02 Å². The van der Waals surface area contributed by atoms with E-state index in [0.717, 1.165) is 36.1 Å². The molecule has 1 saturated heterocycles. The minimum absolute atomic E-state index is 0. The molecule has 7 heteroatoms. The van der Waals surface area contributed by atoms with Gasteiger partial charge in [-0.25, -0.2) is 0 Å². The van der Waals surface area contributed by atoms with E-state index in [2.05, 4.69) is 21.6 Å². The Morgan fingerprint density at radius 1 is 1.30 bits per heavy atom. The molecule has 0 aromatic heterocycles. The third-order valence-corrected chi connectivity index (χ3v) is 4.80. The molecule has 0 radical (unpaired) electrons. The van der Waals surface area contributed by atoms with E-state index in [-0.39, 0.29) is 24.4 Å². The molecule has 1 heterocycles. The predicted octanol–water partition coefficient (Wildman–Crippen LogP) is 3.75. The molecule has 1 aliphatic rings. The number of nitrogens with zero attached hydrogens (tertiary/aromatic N) is 1. The number of nitrogens with one attached hydrogen (secondary N) is 2. The van der Waals surface area contributed by atoms with Gasteiger partial charge in [0.2, 0.25) is 5.91 Å². The number of methoxy groups -OCH3 is 1. The SMILES string of the molecule is COc1cccc(NC(=O)CCN2CCNCC2c2cccc(Cl)c2)c1.Cl. The molecule has 2 N–H and O–H groups in total. The summed E-state index contributed by atoms with van der Waals surface area (Å²) in [6.45, 7) is 3.39. The number of rotatable bonds is 6. The molecule has 3 rings (SSSR count). The van der Waals surface area contributed by atoms with Gasteiger partial charge in [-0.3, -0.25) is 9.69 Å². The van der Waals surface area contributed by atoms with Crippen LogP contribution in [0.4, 0.5) is 5.69 Å². The second-order valence-corrected chi connectivity index (χ2v) is 6.78. The molecular formula is C20H25Cl2N3O2. The molecule has 1 aliphatic heterocycles. The summed E-state index contributed by atoms with van der Waals surface area (Å²) in [5, 5.41) is 7.10. The number of hydrogen-bond donors (Lipinski definition) is 2. The molecule has 0 bridgehead atoms. The van der Waals surface area contributed by atoms with Crippen LogP contribution in [0.5, 0.6) is 5.75 Å². The van der Waals surface area contributed by atoms with E-state index < -0.39 is 0 Å². The lowest BCUT2D eigenvalue weighted by atomic mass is 10.0. The van der Waals surface area contributed by atoms with Gasteiger partial charge < -0.3 is 15.4 Å². The lowest BCUT2D eigenvalue weighted by molar-refractivity contribution is -0.116. The van der Waals surface area contributed by atoms with Crippen LogP contribution < -0.4 is 15.4 Å². The van der Waals surface area contributed by atoms with Crippen LogP contribution in [0, 0.1) is 0 Å². The number of benzene rings is 2. The molecule has 1 atom stereocenters. The summed E-state index contributed by atoms with van der Waals surface area (Å²) in [7, 11) is 1.61. The van der Waals surface area contributed by atoms with Gasteiger partial charge in [0.1, 0.15) is 5.75 Å². The highest BCUT2D eigenvalue weighted by molar-refractivity contribution is 6.30. The van der Waals surface area contributed by atoms with E-state index in [9.17, 15) is 4.79 Å². The highest BCUT2D eigenvalue weighted by atomic mass is 35.5. The molecule has 1 amide bonds. The van der Waals surface area contributed by atoms with Crippen molar-refractivity contribution in [3.63, 3.8) is 0 Å². The topological polar surface area (TPSA) is 53.6 Å². The second-order valence-electron chi connectivity index (χ2n) is 6.34. The van der Waals surface area contributed by atoms with Crippen molar-refractivity contribution >= 4 is 35.6 Å². The zero-order valence-electron chi connectivity index (χ0n) is 15.3. The monoisotopic (exact) mass is 409 g/mol. The van der Waals surface area contributed by atoms with E-state index in [1.165, 1.54) is 5.56 Å². The fourth-order valence-corrected chi connectivity index (χ4v) is 3.42. The van der Waals surface area contributed by atoms with Crippen LogP contribution in [-0.2, 0) is 4.79 Å². The van der Waals surface area contributed by atoms with Gasteiger partial charge >= 0.3 is 0 Å². The quantitative estimate of drug-likeness (QED) is 0.762. The molecule has 0 saturated carbocycles. The summed E-state index contributed by atoms with van der Waals surface area (Å²) in [5.41, 5.74) is 1.93. The smallest absolute Gasteiger partial charge is 0.225 e. The Morgan fingerprint density at radius 2 is 2.11 bits per heavy atom. The number of piperazine rings is 1. The fourth-order valence-electron chi connectivity index (χ4n) is 3.23. The lowest BCUT2D eigenvalue weighted by Crippen LogP contribution is -2.46. The Bertz CT molecular complexity index is 758. The van der Waals surface area contributed by atoms with Crippen molar-refractivity contribution in [1.82, 2.24) is 10.2 Å².